The first kappa shape index (κ1) is 13.4. The van der Waals surface area contributed by atoms with Crippen LogP contribution in [0.4, 0.5) is 5.69 Å². The summed E-state index contributed by atoms with van der Waals surface area (Å²) in [6.45, 7) is 4.14. The quantitative estimate of drug-likeness (QED) is 0.732. The van der Waals surface area contributed by atoms with Gasteiger partial charge in [0.05, 0.1) is 0 Å². The van der Waals surface area contributed by atoms with E-state index in [4.69, 9.17) is 0 Å². The summed E-state index contributed by atoms with van der Waals surface area (Å²) in [7, 11) is 5.85. The van der Waals surface area contributed by atoms with Crippen molar-refractivity contribution in [1.82, 2.24) is 0 Å². The van der Waals surface area contributed by atoms with Crippen molar-refractivity contribution < 1.29 is 0 Å². The Bertz CT molecular complexity index is 417. The summed E-state index contributed by atoms with van der Waals surface area (Å²) in [4.78, 5) is 10.5. The van der Waals surface area contributed by atoms with Gasteiger partial charge in [-0.1, -0.05) is 0 Å². The number of hydrogen-bond donors (Lipinski definition) is 0. The Balaban J connectivity index is 3.12. The molecule has 0 aliphatic rings. The van der Waals surface area contributed by atoms with Crippen molar-refractivity contribution in [3.05, 3.63) is 29.3 Å². The molecule has 17 heavy (non-hydrogen) atoms. The molecule has 0 heterocycles. The Morgan fingerprint density at radius 3 is 2.12 bits per heavy atom. The largest absolute Gasteiger partial charge is 0.378 e. The molecule has 0 radical (unpaired) electrons. The topological polar surface area (TPSA) is 28.0 Å². The number of rotatable bonds is 4. The van der Waals surface area contributed by atoms with Gasteiger partial charge in [0, 0.05) is 45.3 Å². The van der Waals surface area contributed by atoms with Crippen molar-refractivity contribution in [2.24, 2.45) is 9.98 Å². The lowest BCUT2D eigenvalue weighted by atomic mass is 10.1. The molecular formula is C14H21N3. The third kappa shape index (κ3) is 4.39. The summed E-state index contributed by atoms with van der Waals surface area (Å²) >= 11 is 0. The molecule has 0 fully saturated rings. The summed E-state index contributed by atoms with van der Waals surface area (Å²) in [5.74, 6) is 0. The number of hydrogen-bond acceptors (Lipinski definition) is 3. The molecule has 0 aliphatic heterocycles. The maximum absolute atomic E-state index is 4.41. The normalized spacial score (nSPS) is 11.9. The minimum Gasteiger partial charge on any atom is -0.378 e. The fraction of sp³-hybridized carbons (Fsp3) is 0.429. The van der Waals surface area contributed by atoms with Gasteiger partial charge in [0.1, 0.15) is 0 Å². The highest BCUT2D eigenvalue weighted by molar-refractivity contribution is 5.88. The molecule has 1 rings (SSSR count). The summed E-state index contributed by atoms with van der Waals surface area (Å²) in [5, 5.41) is 0. The number of anilines is 1. The fourth-order valence-electron chi connectivity index (χ4n) is 1.45. The average Bonchev–Trinajstić information content (AvgIpc) is 2.26. The van der Waals surface area contributed by atoms with Gasteiger partial charge >= 0.3 is 0 Å². The van der Waals surface area contributed by atoms with Crippen LogP contribution in [-0.4, -0.2) is 39.6 Å². The molecule has 0 amide bonds. The van der Waals surface area contributed by atoms with E-state index in [1.807, 2.05) is 26.5 Å². The van der Waals surface area contributed by atoms with Crippen LogP contribution in [0.2, 0.25) is 0 Å². The lowest BCUT2D eigenvalue weighted by molar-refractivity contribution is 0.841. The maximum Gasteiger partial charge on any atom is 0.0443 e. The third-order valence-corrected chi connectivity index (χ3v) is 2.28. The summed E-state index contributed by atoms with van der Waals surface area (Å²) in [6, 6.07) is 6.64. The minimum absolute atomic E-state index is 0.321. The predicted octanol–water partition coefficient (Wildman–Crippen LogP) is 2.63. The molecule has 0 saturated heterocycles. The van der Waals surface area contributed by atoms with Gasteiger partial charge in [0.25, 0.3) is 0 Å². The number of benzene rings is 1. The smallest absolute Gasteiger partial charge is 0.0443 e. The van der Waals surface area contributed by atoms with E-state index in [1.165, 1.54) is 0 Å². The monoisotopic (exact) mass is 231 g/mol. The van der Waals surface area contributed by atoms with Gasteiger partial charge in [-0.25, -0.2) is 0 Å². The lowest BCUT2D eigenvalue weighted by Crippen LogP contribution is -2.09. The van der Waals surface area contributed by atoms with Gasteiger partial charge in [-0.05, 0) is 43.2 Å². The molecule has 1 aromatic carbocycles. The van der Waals surface area contributed by atoms with Crippen LogP contribution in [0.3, 0.4) is 0 Å². The van der Waals surface area contributed by atoms with E-state index in [-0.39, 0.29) is 0 Å². The summed E-state index contributed by atoms with van der Waals surface area (Å²) in [6.07, 6.45) is 3.78. The van der Waals surface area contributed by atoms with E-state index in [2.05, 4.69) is 46.9 Å². The van der Waals surface area contributed by atoms with Crippen LogP contribution in [0.25, 0.3) is 0 Å². The second-order valence-electron chi connectivity index (χ2n) is 4.51. The zero-order valence-electron chi connectivity index (χ0n) is 11.3. The Hall–Kier alpha value is -1.64. The van der Waals surface area contributed by atoms with Crippen molar-refractivity contribution in [1.29, 1.82) is 0 Å². The van der Waals surface area contributed by atoms with Gasteiger partial charge < -0.3 is 4.90 Å². The second-order valence-corrected chi connectivity index (χ2v) is 4.51. The second kappa shape index (κ2) is 6.18. The standard InChI is InChI=1S/C14H21N3/c1-11(2)16-10-13-6-12(9-15-3)7-14(8-13)17(4)5/h6-11H,1-5H3/b15-9+,16-10+. The molecule has 92 valence electrons. The van der Waals surface area contributed by atoms with Crippen LogP contribution in [0.1, 0.15) is 25.0 Å². The zero-order chi connectivity index (χ0) is 12.8. The van der Waals surface area contributed by atoms with Crippen LogP contribution in [0.15, 0.2) is 28.2 Å². The molecule has 3 nitrogen and oxygen atoms in total. The van der Waals surface area contributed by atoms with Gasteiger partial charge in [-0.15, -0.1) is 0 Å². The van der Waals surface area contributed by atoms with E-state index in [0.717, 1.165) is 16.8 Å². The van der Waals surface area contributed by atoms with E-state index >= 15 is 0 Å². The lowest BCUT2D eigenvalue weighted by Gasteiger charge is -2.14. The van der Waals surface area contributed by atoms with Gasteiger partial charge in [0.15, 0.2) is 0 Å². The molecule has 3 heteroatoms. The minimum atomic E-state index is 0.321. The Morgan fingerprint density at radius 2 is 1.65 bits per heavy atom. The summed E-state index contributed by atoms with van der Waals surface area (Å²) < 4.78 is 0. The van der Waals surface area contributed by atoms with Crippen LogP contribution in [0, 0.1) is 0 Å². The van der Waals surface area contributed by atoms with Crippen molar-refractivity contribution in [3.63, 3.8) is 0 Å². The third-order valence-electron chi connectivity index (χ3n) is 2.28. The molecule has 0 saturated carbocycles. The van der Waals surface area contributed by atoms with Crippen LogP contribution in [0.5, 0.6) is 0 Å². The first-order chi connectivity index (χ1) is 8.02. The molecule has 0 atom stereocenters. The predicted molar refractivity (Wildman–Crippen MR) is 77.0 cm³/mol. The molecule has 0 unspecified atom stereocenters. The maximum atomic E-state index is 4.41. The Morgan fingerprint density at radius 1 is 1.06 bits per heavy atom. The molecular weight excluding hydrogens is 210 g/mol. The van der Waals surface area contributed by atoms with Gasteiger partial charge in [-0.3, -0.25) is 9.98 Å². The van der Waals surface area contributed by atoms with E-state index in [9.17, 15) is 0 Å². The highest BCUT2D eigenvalue weighted by atomic mass is 15.1. The van der Waals surface area contributed by atoms with Crippen LogP contribution in [-0.2, 0) is 0 Å². The molecule has 0 aliphatic carbocycles. The number of nitrogens with zero attached hydrogens (tertiary/aromatic N) is 3. The average molecular weight is 231 g/mol. The summed E-state index contributed by atoms with van der Waals surface area (Å²) in [5.41, 5.74) is 3.37. The van der Waals surface area contributed by atoms with Crippen molar-refractivity contribution in [2.45, 2.75) is 19.9 Å². The highest BCUT2D eigenvalue weighted by Crippen LogP contribution is 2.15. The van der Waals surface area contributed by atoms with E-state index in [1.54, 1.807) is 7.05 Å². The first-order valence-electron chi connectivity index (χ1n) is 5.80. The van der Waals surface area contributed by atoms with Crippen molar-refractivity contribution in [3.8, 4) is 0 Å². The van der Waals surface area contributed by atoms with E-state index < -0.39 is 0 Å². The molecule has 1 aromatic rings. The molecule has 0 spiro atoms. The molecule has 0 N–H and O–H groups in total. The first-order valence-corrected chi connectivity index (χ1v) is 5.80. The highest BCUT2D eigenvalue weighted by Gasteiger charge is 2.00. The van der Waals surface area contributed by atoms with Gasteiger partial charge in [0.2, 0.25) is 0 Å². The fourth-order valence-corrected chi connectivity index (χ4v) is 1.45. The van der Waals surface area contributed by atoms with Crippen molar-refractivity contribution in [2.75, 3.05) is 26.0 Å². The molecule has 0 aromatic heterocycles. The Labute approximate surface area is 104 Å². The number of aliphatic imine (C=N–C) groups is 2. The Kier molecular flexibility index (Phi) is 4.88. The van der Waals surface area contributed by atoms with Gasteiger partial charge in [-0.2, -0.15) is 0 Å². The molecule has 0 bridgehead atoms. The van der Waals surface area contributed by atoms with Crippen LogP contribution >= 0.6 is 0 Å². The van der Waals surface area contributed by atoms with Crippen LogP contribution < -0.4 is 4.90 Å². The van der Waals surface area contributed by atoms with E-state index in [0.29, 0.717) is 6.04 Å². The van der Waals surface area contributed by atoms with Crippen molar-refractivity contribution >= 4 is 18.1 Å². The SMILES string of the molecule is C/N=C/c1cc(/C=N/C(C)C)cc(N(C)C)c1. The zero-order valence-corrected chi connectivity index (χ0v) is 11.3.